The molecule has 0 aliphatic carbocycles. The van der Waals surface area contributed by atoms with Crippen molar-refractivity contribution in [3.8, 4) is 0 Å². The highest BCUT2D eigenvalue weighted by atomic mass is 31.1. The van der Waals surface area contributed by atoms with Crippen LogP contribution in [-0.4, -0.2) is 73.5 Å². The molecule has 0 amide bonds. The number of hydrogen-bond donors (Lipinski definition) is 0. The van der Waals surface area contributed by atoms with Crippen molar-refractivity contribution in [2.75, 3.05) is 55.9 Å². The van der Waals surface area contributed by atoms with E-state index in [0.717, 1.165) is 0 Å². The van der Waals surface area contributed by atoms with E-state index >= 15 is 0 Å². The predicted molar refractivity (Wildman–Crippen MR) is 91.9 cm³/mol. The van der Waals surface area contributed by atoms with E-state index in [9.17, 15) is 4.57 Å². The molecule has 0 aromatic rings. The summed E-state index contributed by atoms with van der Waals surface area (Å²) >= 11 is 0. The van der Waals surface area contributed by atoms with Gasteiger partial charge in [0.25, 0.3) is 0 Å². The lowest BCUT2D eigenvalue weighted by Gasteiger charge is -2.23. The van der Waals surface area contributed by atoms with Crippen molar-refractivity contribution in [3.05, 3.63) is 0 Å². The van der Waals surface area contributed by atoms with Gasteiger partial charge in [-0.05, 0) is 12.8 Å². The molecule has 0 heterocycles. The molecule has 24 heavy (non-hydrogen) atoms. The molecule has 0 rings (SSSR count). The SMILES string of the molecule is CO[Si](CCCO[P+](=O)OCCC[Si](OC)(OC)OC)(OC)OC. The Kier molecular flexibility index (Phi) is 13.5. The first-order valence-corrected chi connectivity index (χ1v) is 12.5. The molecule has 0 aliphatic rings. The maximum atomic E-state index is 11.6. The predicted octanol–water partition coefficient (Wildman–Crippen LogP) is 2.21. The summed E-state index contributed by atoms with van der Waals surface area (Å²) in [6.07, 6.45) is 1.19. The largest absolute Gasteiger partial charge is 0.697 e. The van der Waals surface area contributed by atoms with Crippen LogP contribution in [0.2, 0.25) is 12.1 Å². The molecule has 0 saturated heterocycles. The average molecular weight is 406 g/mol. The molecule has 0 aromatic carbocycles. The lowest BCUT2D eigenvalue weighted by atomic mass is 10.5. The van der Waals surface area contributed by atoms with Crippen LogP contribution in [0.1, 0.15) is 12.8 Å². The molecule has 0 aromatic heterocycles. The van der Waals surface area contributed by atoms with Crippen molar-refractivity contribution in [2.24, 2.45) is 0 Å². The van der Waals surface area contributed by atoms with Crippen LogP contribution in [0, 0.1) is 0 Å². The van der Waals surface area contributed by atoms with Crippen LogP contribution in [0.25, 0.3) is 0 Å². The molecule has 0 atom stereocenters. The highest BCUT2D eigenvalue weighted by molar-refractivity contribution is 7.33. The molecule has 0 spiro atoms. The topological polar surface area (TPSA) is 90.9 Å². The van der Waals surface area contributed by atoms with Gasteiger partial charge in [0, 0.05) is 59.3 Å². The van der Waals surface area contributed by atoms with E-state index in [0.29, 0.717) is 24.9 Å². The van der Waals surface area contributed by atoms with Gasteiger partial charge in [-0.25, -0.2) is 0 Å². The standard InChI is InChI=1S/C12H30O9PSi2/c1-14-23(15-2,16-3)11-7-9-20-22(13)21-10-8-12-24(17-4,18-5)19-6/h7-12H2,1-6H3/q+1. The van der Waals surface area contributed by atoms with Crippen molar-refractivity contribution < 1.29 is 40.2 Å². The van der Waals surface area contributed by atoms with Gasteiger partial charge in [-0.1, -0.05) is 0 Å². The fourth-order valence-corrected chi connectivity index (χ4v) is 6.02. The summed E-state index contributed by atoms with van der Waals surface area (Å²) in [6.45, 7) is 0.542. The number of hydrogen-bond acceptors (Lipinski definition) is 9. The van der Waals surface area contributed by atoms with Gasteiger partial charge in [0.15, 0.2) is 0 Å². The molecule has 0 bridgehead atoms. The van der Waals surface area contributed by atoms with Crippen LogP contribution in [0.3, 0.4) is 0 Å². The van der Waals surface area contributed by atoms with Gasteiger partial charge < -0.3 is 26.6 Å². The van der Waals surface area contributed by atoms with Crippen LogP contribution in [-0.2, 0) is 40.2 Å². The van der Waals surface area contributed by atoms with Gasteiger partial charge in [-0.2, -0.15) is 0 Å². The minimum Gasteiger partial charge on any atom is -0.377 e. The molecule has 0 saturated carbocycles. The second-order valence-corrected chi connectivity index (χ2v) is 11.8. The van der Waals surface area contributed by atoms with E-state index in [4.69, 9.17) is 35.6 Å². The van der Waals surface area contributed by atoms with Crippen LogP contribution < -0.4 is 0 Å². The third-order valence-electron chi connectivity index (χ3n) is 3.51. The number of rotatable bonds is 16. The Morgan fingerprint density at radius 3 is 1.17 bits per heavy atom. The zero-order valence-electron chi connectivity index (χ0n) is 15.4. The Morgan fingerprint density at radius 2 is 0.917 bits per heavy atom. The van der Waals surface area contributed by atoms with Crippen LogP contribution >= 0.6 is 8.25 Å². The van der Waals surface area contributed by atoms with E-state index in [2.05, 4.69) is 0 Å². The van der Waals surface area contributed by atoms with Gasteiger partial charge >= 0.3 is 25.9 Å². The molecular formula is C12H30O9PSi2+. The Labute approximate surface area is 147 Å². The van der Waals surface area contributed by atoms with Crippen LogP contribution in [0.4, 0.5) is 0 Å². The third-order valence-corrected chi connectivity index (χ3v) is 9.96. The van der Waals surface area contributed by atoms with Crippen molar-refractivity contribution >= 4 is 25.9 Å². The normalized spacial score (nSPS) is 12.6. The van der Waals surface area contributed by atoms with Gasteiger partial charge in [0.1, 0.15) is 13.2 Å². The maximum Gasteiger partial charge on any atom is 0.697 e. The highest BCUT2D eigenvalue weighted by Crippen LogP contribution is 2.26. The van der Waals surface area contributed by atoms with Crippen LogP contribution in [0.15, 0.2) is 0 Å². The Balaban J connectivity index is 3.88. The Bertz CT molecular complexity index is 294. The molecular weight excluding hydrogens is 375 g/mol. The zero-order valence-corrected chi connectivity index (χ0v) is 18.3. The summed E-state index contributed by atoms with van der Waals surface area (Å²) in [6, 6.07) is 1.15. The maximum absolute atomic E-state index is 11.6. The summed E-state index contributed by atoms with van der Waals surface area (Å²) < 4.78 is 53.7. The molecule has 12 heteroatoms. The van der Waals surface area contributed by atoms with Gasteiger partial charge in [-0.15, -0.1) is 9.05 Å². The van der Waals surface area contributed by atoms with Crippen molar-refractivity contribution in [3.63, 3.8) is 0 Å². The Morgan fingerprint density at radius 1 is 0.625 bits per heavy atom. The van der Waals surface area contributed by atoms with Crippen molar-refractivity contribution in [1.82, 2.24) is 0 Å². The van der Waals surface area contributed by atoms with Gasteiger partial charge in [-0.3, -0.25) is 0 Å². The van der Waals surface area contributed by atoms with Crippen molar-refractivity contribution in [1.29, 1.82) is 0 Å². The van der Waals surface area contributed by atoms with E-state index < -0.39 is 25.9 Å². The first-order valence-electron chi connectivity index (χ1n) is 7.51. The smallest absolute Gasteiger partial charge is 0.377 e. The summed E-state index contributed by atoms with van der Waals surface area (Å²) in [4.78, 5) is 0. The third kappa shape index (κ3) is 8.54. The summed E-state index contributed by atoms with van der Waals surface area (Å²) in [5.41, 5.74) is 0. The molecule has 144 valence electrons. The fourth-order valence-electron chi connectivity index (χ4n) is 2.01. The minimum atomic E-state index is -2.61. The van der Waals surface area contributed by atoms with E-state index in [1.807, 2.05) is 0 Å². The second kappa shape index (κ2) is 13.4. The lowest BCUT2D eigenvalue weighted by molar-refractivity contribution is 0.119. The quantitative estimate of drug-likeness (QED) is 0.218. The highest BCUT2D eigenvalue weighted by Gasteiger charge is 2.38. The molecule has 0 fully saturated rings. The van der Waals surface area contributed by atoms with Gasteiger partial charge in [0.05, 0.1) is 0 Å². The first kappa shape index (κ1) is 24.2. The molecule has 0 radical (unpaired) electrons. The summed E-state index contributed by atoms with van der Waals surface area (Å²) in [7, 11) is 1.91. The second-order valence-electron chi connectivity index (χ2n) is 4.69. The monoisotopic (exact) mass is 405 g/mol. The zero-order chi connectivity index (χ0) is 18.5. The van der Waals surface area contributed by atoms with Crippen molar-refractivity contribution in [2.45, 2.75) is 24.9 Å². The van der Waals surface area contributed by atoms with E-state index in [1.54, 1.807) is 42.7 Å². The van der Waals surface area contributed by atoms with Crippen LogP contribution in [0.5, 0.6) is 0 Å². The first-order chi connectivity index (χ1) is 11.5. The van der Waals surface area contributed by atoms with E-state index in [1.165, 1.54) is 0 Å². The summed E-state index contributed by atoms with van der Waals surface area (Å²) in [5, 5.41) is 0. The lowest BCUT2D eigenvalue weighted by Crippen LogP contribution is -2.42. The molecule has 0 unspecified atom stereocenters. The van der Waals surface area contributed by atoms with E-state index in [-0.39, 0.29) is 13.2 Å². The molecule has 0 aliphatic heterocycles. The Hall–Kier alpha value is 0.214. The fraction of sp³-hybridized carbons (Fsp3) is 1.00. The molecule has 0 N–H and O–H groups in total. The summed E-state index contributed by atoms with van der Waals surface area (Å²) in [5.74, 6) is 0. The average Bonchev–Trinajstić information content (AvgIpc) is 2.63. The van der Waals surface area contributed by atoms with Gasteiger partial charge in [0.2, 0.25) is 0 Å². The molecule has 9 nitrogen and oxygen atoms in total. The minimum absolute atomic E-state index is 0.271.